The number of ether oxygens (including phenoxy) is 2. The lowest BCUT2D eigenvalue weighted by molar-refractivity contribution is 0.389. The van der Waals surface area contributed by atoms with Crippen LogP contribution in [0.25, 0.3) is 5.69 Å². The summed E-state index contributed by atoms with van der Waals surface area (Å²) in [5, 5.41) is 7.53. The van der Waals surface area contributed by atoms with Crippen LogP contribution in [0.1, 0.15) is 50.8 Å². The standard InChI is InChI=1S/C22H29FN8O4S/c1-12-9-16(27-26-12)21-28-29-22(31(21)19-17(34-4)7-6-8-18(19)35-5)30-36(32,33)14(3)13(2)20-24-10-15(23)11-25-20/h6-8,10-14,16,26-27H,9H2,1-5H3,(H,29,30)/t12?,13-,14-,16?/m0/s1. The van der Waals surface area contributed by atoms with Crippen molar-refractivity contribution in [3.63, 3.8) is 0 Å². The molecule has 2 unspecified atom stereocenters. The van der Waals surface area contributed by atoms with Crippen LogP contribution in [-0.4, -0.2) is 58.7 Å². The van der Waals surface area contributed by atoms with Gasteiger partial charge in [-0.15, -0.1) is 10.2 Å². The van der Waals surface area contributed by atoms with Gasteiger partial charge in [0.15, 0.2) is 11.6 Å². The van der Waals surface area contributed by atoms with Crippen LogP contribution in [0.4, 0.5) is 10.3 Å². The Kier molecular flexibility index (Phi) is 7.38. The monoisotopic (exact) mass is 520 g/mol. The zero-order chi connectivity index (χ0) is 26.0. The first-order chi connectivity index (χ1) is 17.2. The fourth-order valence-corrected chi connectivity index (χ4v) is 5.23. The molecule has 2 aromatic heterocycles. The molecule has 0 radical (unpaired) electrons. The molecule has 0 amide bonds. The Labute approximate surface area is 208 Å². The van der Waals surface area contributed by atoms with Gasteiger partial charge in [-0.1, -0.05) is 13.0 Å². The van der Waals surface area contributed by atoms with E-state index in [1.165, 1.54) is 21.1 Å². The Morgan fingerprint density at radius 1 is 1.11 bits per heavy atom. The predicted molar refractivity (Wildman–Crippen MR) is 130 cm³/mol. The summed E-state index contributed by atoms with van der Waals surface area (Å²) in [5.41, 5.74) is 6.76. The molecule has 1 saturated heterocycles. The second-order valence-electron chi connectivity index (χ2n) is 8.61. The number of methoxy groups -OCH3 is 2. The van der Waals surface area contributed by atoms with Crippen molar-refractivity contribution < 1.29 is 22.3 Å². The lowest BCUT2D eigenvalue weighted by Gasteiger charge is -2.22. The first-order valence-corrected chi connectivity index (χ1v) is 12.9. The molecule has 1 fully saturated rings. The molecular formula is C22H29FN8O4S. The van der Waals surface area contributed by atoms with E-state index < -0.39 is 27.0 Å². The number of nitrogens with one attached hydrogen (secondary N) is 3. The maximum absolute atomic E-state index is 13.4. The first kappa shape index (κ1) is 25.7. The van der Waals surface area contributed by atoms with Crippen LogP contribution in [0.2, 0.25) is 0 Å². The van der Waals surface area contributed by atoms with Gasteiger partial charge in [0, 0.05) is 12.0 Å². The highest BCUT2D eigenvalue weighted by Gasteiger charge is 2.34. The highest BCUT2D eigenvalue weighted by atomic mass is 32.2. The zero-order valence-electron chi connectivity index (χ0n) is 20.6. The maximum atomic E-state index is 13.4. The summed E-state index contributed by atoms with van der Waals surface area (Å²) >= 11 is 0. The van der Waals surface area contributed by atoms with Crippen LogP contribution in [-0.2, 0) is 10.0 Å². The fourth-order valence-electron chi connectivity index (χ4n) is 4.00. The number of sulfonamides is 1. The van der Waals surface area contributed by atoms with Crippen molar-refractivity contribution in [2.45, 2.75) is 50.4 Å². The summed E-state index contributed by atoms with van der Waals surface area (Å²) in [4.78, 5) is 7.87. The van der Waals surface area contributed by atoms with Crippen LogP contribution in [0.5, 0.6) is 11.5 Å². The molecule has 194 valence electrons. The predicted octanol–water partition coefficient (Wildman–Crippen LogP) is 2.07. The summed E-state index contributed by atoms with van der Waals surface area (Å²) in [6, 6.07) is 5.14. The van der Waals surface area contributed by atoms with E-state index >= 15 is 0 Å². The van der Waals surface area contributed by atoms with Crippen molar-refractivity contribution >= 4 is 16.0 Å². The van der Waals surface area contributed by atoms with E-state index in [2.05, 4.69) is 35.7 Å². The average Bonchev–Trinajstić information content (AvgIpc) is 3.48. The zero-order valence-corrected chi connectivity index (χ0v) is 21.4. The van der Waals surface area contributed by atoms with Gasteiger partial charge in [0.2, 0.25) is 16.0 Å². The molecule has 0 spiro atoms. The van der Waals surface area contributed by atoms with Gasteiger partial charge in [-0.25, -0.2) is 28.2 Å². The van der Waals surface area contributed by atoms with Gasteiger partial charge in [-0.3, -0.25) is 14.7 Å². The number of para-hydroxylation sites is 1. The summed E-state index contributed by atoms with van der Waals surface area (Å²) in [7, 11) is -1.01. The van der Waals surface area contributed by atoms with E-state index in [0.717, 1.165) is 12.4 Å². The van der Waals surface area contributed by atoms with E-state index in [4.69, 9.17) is 9.47 Å². The molecule has 0 saturated carbocycles. The van der Waals surface area contributed by atoms with Gasteiger partial charge in [0.1, 0.15) is 23.0 Å². The van der Waals surface area contributed by atoms with Crippen molar-refractivity contribution in [3.8, 4) is 17.2 Å². The van der Waals surface area contributed by atoms with Crippen LogP contribution in [0, 0.1) is 5.82 Å². The van der Waals surface area contributed by atoms with Crippen molar-refractivity contribution in [1.29, 1.82) is 0 Å². The van der Waals surface area contributed by atoms with E-state index in [1.807, 2.05) is 6.92 Å². The average molecular weight is 521 g/mol. The number of nitrogens with zero attached hydrogens (tertiary/aromatic N) is 5. The van der Waals surface area contributed by atoms with Crippen molar-refractivity contribution in [2.24, 2.45) is 0 Å². The van der Waals surface area contributed by atoms with Crippen molar-refractivity contribution in [3.05, 3.63) is 48.1 Å². The molecule has 14 heteroatoms. The number of hydrogen-bond acceptors (Lipinski definition) is 10. The van der Waals surface area contributed by atoms with Crippen LogP contribution in [0.3, 0.4) is 0 Å². The lowest BCUT2D eigenvalue weighted by Crippen LogP contribution is -2.32. The highest BCUT2D eigenvalue weighted by Crippen LogP contribution is 2.37. The number of anilines is 1. The van der Waals surface area contributed by atoms with Crippen LogP contribution >= 0.6 is 0 Å². The number of aromatic nitrogens is 5. The molecule has 4 rings (SSSR count). The SMILES string of the molecule is COc1cccc(OC)c1-n1c(NS(=O)(=O)[C@@H](C)[C@H](C)c2ncc(F)cn2)nnc1C1CC(C)NN1. The minimum absolute atomic E-state index is 0.0340. The van der Waals surface area contributed by atoms with E-state index in [1.54, 1.807) is 29.7 Å². The van der Waals surface area contributed by atoms with Crippen molar-refractivity contribution in [2.75, 3.05) is 18.9 Å². The molecule has 3 N–H and O–H groups in total. The third-order valence-electron chi connectivity index (χ3n) is 6.19. The third-order valence-corrected chi connectivity index (χ3v) is 8.05. The smallest absolute Gasteiger partial charge is 0.243 e. The van der Waals surface area contributed by atoms with Crippen LogP contribution in [0.15, 0.2) is 30.6 Å². The summed E-state index contributed by atoms with van der Waals surface area (Å²) in [6.45, 7) is 5.20. The number of rotatable bonds is 9. The molecule has 0 aliphatic carbocycles. The Morgan fingerprint density at radius 3 is 2.31 bits per heavy atom. The van der Waals surface area contributed by atoms with E-state index in [-0.39, 0.29) is 23.9 Å². The lowest BCUT2D eigenvalue weighted by atomic mass is 10.1. The number of benzene rings is 1. The quantitative estimate of drug-likeness (QED) is 0.383. The molecule has 1 aliphatic rings. The minimum atomic E-state index is -4.03. The Balaban J connectivity index is 1.77. The Hall–Kier alpha value is -3.36. The topological polar surface area (TPSA) is 145 Å². The molecule has 1 aliphatic heterocycles. The molecule has 3 aromatic rings. The molecule has 1 aromatic carbocycles. The van der Waals surface area contributed by atoms with Gasteiger partial charge >= 0.3 is 0 Å². The second-order valence-corrected chi connectivity index (χ2v) is 10.6. The summed E-state index contributed by atoms with van der Waals surface area (Å²) < 4.78 is 55.4. The second kappa shape index (κ2) is 10.3. The molecular weight excluding hydrogens is 491 g/mol. The fraction of sp³-hybridized carbons (Fsp3) is 0.455. The number of hydrazine groups is 1. The molecule has 3 heterocycles. The minimum Gasteiger partial charge on any atom is -0.494 e. The van der Waals surface area contributed by atoms with Gasteiger partial charge in [0.25, 0.3) is 0 Å². The van der Waals surface area contributed by atoms with Gasteiger partial charge in [-0.05, 0) is 32.4 Å². The summed E-state index contributed by atoms with van der Waals surface area (Å²) in [6.07, 6.45) is 2.70. The highest BCUT2D eigenvalue weighted by molar-refractivity contribution is 7.93. The number of hydrogen-bond donors (Lipinski definition) is 3. The number of halogens is 1. The Bertz CT molecular complexity index is 1300. The molecule has 4 atom stereocenters. The third kappa shape index (κ3) is 4.96. The van der Waals surface area contributed by atoms with Crippen molar-refractivity contribution in [1.82, 2.24) is 35.6 Å². The Morgan fingerprint density at radius 2 is 1.75 bits per heavy atom. The molecule has 0 bridgehead atoms. The van der Waals surface area contributed by atoms with Crippen LogP contribution < -0.4 is 25.0 Å². The first-order valence-electron chi connectivity index (χ1n) is 11.3. The molecule has 36 heavy (non-hydrogen) atoms. The van der Waals surface area contributed by atoms with Gasteiger partial charge < -0.3 is 9.47 Å². The van der Waals surface area contributed by atoms with E-state index in [0.29, 0.717) is 29.4 Å². The molecule has 12 nitrogen and oxygen atoms in total. The van der Waals surface area contributed by atoms with Gasteiger partial charge in [-0.2, -0.15) is 0 Å². The normalized spacial score (nSPS) is 19.6. The summed E-state index contributed by atoms with van der Waals surface area (Å²) in [5.74, 6) is 0.282. The van der Waals surface area contributed by atoms with Gasteiger partial charge in [0.05, 0.1) is 37.9 Å². The van der Waals surface area contributed by atoms with E-state index in [9.17, 15) is 12.8 Å². The maximum Gasteiger partial charge on any atom is 0.243 e. The largest absolute Gasteiger partial charge is 0.494 e.